The third-order valence-corrected chi connectivity index (χ3v) is 4.49. The highest BCUT2D eigenvalue weighted by atomic mass is 35.5. The van der Waals surface area contributed by atoms with Gasteiger partial charge in [-0.15, -0.1) is 0 Å². The predicted molar refractivity (Wildman–Crippen MR) is 97.4 cm³/mol. The van der Waals surface area contributed by atoms with E-state index in [1.807, 2.05) is 61.7 Å². The largest absolute Gasteiger partial charge is 0.233 e. The summed E-state index contributed by atoms with van der Waals surface area (Å²) in [4.78, 5) is 4.78. The van der Waals surface area contributed by atoms with Crippen molar-refractivity contribution in [3.05, 3.63) is 88.8 Å². The number of hydrogen-bond acceptors (Lipinski definition) is 2. The highest BCUT2D eigenvalue weighted by molar-refractivity contribution is 6.32. The molecule has 0 radical (unpaired) electrons. The minimum atomic E-state index is 0.600. The van der Waals surface area contributed by atoms with E-state index in [2.05, 4.69) is 17.2 Å². The molecule has 118 valence electrons. The summed E-state index contributed by atoms with van der Waals surface area (Å²) in [5.41, 5.74) is 6.02. The molecule has 0 aliphatic heterocycles. The minimum absolute atomic E-state index is 0.600. The molecule has 24 heavy (non-hydrogen) atoms. The zero-order valence-electron chi connectivity index (χ0n) is 13.3. The molecule has 4 aromatic rings. The lowest BCUT2D eigenvalue weighted by atomic mass is 10.1. The Morgan fingerprint density at radius 2 is 1.62 bits per heavy atom. The average molecular weight is 334 g/mol. The van der Waals surface area contributed by atoms with Gasteiger partial charge in [0.2, 0.25) is 0 Å². The number of nitrogens with zero attached hydrogens (tertiary/aromatic N) is 3. The second kappa shape index (κ2) is 6.10. The molecule has 2 heterocycles. The van der Waals surface area contributed by atoms with Crippen LogP contribution in [-0.4, -0.2) is 14.6 Å². The predicted octanol–water partition coefficient (Wildman–Crippen LogP) is 4.95. The fraction of sp³-hybridized carbons (Fsp3) is 0.100. The number of aryl methyl sites for hydroxylation is 1. The molecular formula is C20H16ClN3. The smallest absolute Gasteiger partial charge is 0.160 e. The van der Waals surface area contributed by atoms with Gasteiger partial charge in [0.15, 0.2) is 5.65 Å². The van der Waals surface area contributed by atoms with E-state index in [0.717, 1.165) is 34.5 Å². The molecule has 2 aromatic heterocycles. The van der Waals surface area contributed by atoms with Gasteiger partial charge in [0.05, 0.1) is 11.9 Å². The Bertz CT molecular complexity index is 992. The first kappa shape index (κ1) is 14.9. The summed E-state index contributed by atoms with van der Waals surface area (Å²) in [6.45, 7) is 1.99. The molecule has 0 N–H and O–H groups in total. The molecule has 4 rings (SSSR count). The molecule has 0 bridgehead atoms. The summed E-state index contributed by atoms with van der Waals surface area (Å²) < 4.78 is 1.73. The van der Waals surface area contributed by atoms with Crippen LogP contribution < -0.4 is 0 Å². The Hall–Kier alpha value is -2.65. The van der Waals surface area contributed by atoms with Crippen molar-refractivity contribution in [2.75, 3.05) is 0 Å². The molecule has 0 fully saturated rings. The first-order chi connectivity index (χ1) is 11.7. The zero-order chi connectivity index (χ0) is 16.5. The standard InChI is InChI=1S/C20H16ClN3/c1-14-18(16-10-6-3-7-11-16)19(21)24-20(23-14)17(13-22-24)12-15-8-4-2-5-9-15/h2-11,13H,12H2,1H3. The van der Waals surface area contributed by atoms with E-state index in [1.165, 1.54) is 5.56 Å². The molecule has 0 amide bonds. The Labute approximate surface area is 145 Å². The normalized spacial score (nSPS) is 11.1. The number of halogens is 1. The Balaban J connectivity index is 1.84. The summed E-state index contributed by atoms with van der Waals surface area (Å²) >= 11 is 6.66. The van der Waals surface area contributed by atoms with Crippen LogP contribution in [-0.2, 0) is 6.42 Å². The average Bonchev–Trinajstić information content (AvgIpc) is 3.00. The van der Waals surface area contributed by atoms with Gasteiger partial charge in [-0.05, 0) is 18.1 Å². The molecular weight excluding hydrogens is 318 g/mol. The number of aromatic nitrogens is 3. The maximum atomic E-state index is 6.66. The molecule has 0 saturated carbocycles. The Morgan fingerprint density at radius 1 is 0.958 bits per heavy atom. The SMILES string of the molecule is Cc1nc2c(Cc3ccccc3)cnn2c(Cl)c1-c1ccccc1. The van der Waals surface area contributed by atoms with Crippen molar-refractivity contribution in [1.82, 2.24) is 14.6 Å². The van der Waals surface area contributed by atoms with Gasteiger partial charge in [-0.3, -0.25) is 0 Å². The Kier molecular flexibility index (Phi) is 3.79. The fourth-order valence-electron chi connectivity index (χ4n) is 2.98. The zero-order valence-corrected chi connectivity index (χ0v) is 14.0. The second-order valence-electron chi connectivity index (χ2n) is 5.80. The van der Waals surface area contributed by atoms with Gasteiger partial charge in [0.25, 0.3) is 0 Å². The van der Waals surface area contributed by atoms with Gasteiger partial charge < -0.3 is 0 Å². The summed E-state index contributed by atoms with van der Waals surface area (Å²) in [6, 6.07) is 20.4. The molecule has 0 saturated heterocycles. The van der Waals surface area contributed by atoms with Crippen LogP contribution in [0.3, 0.4) is 0 Å². The molecule has 0 aliphatic carbocycles. The first-order valence-electron chi connectivity index (χ1n) is 7.86. The topological polar surface area (TPSA) is 30.2 Å². The molecule has 4 heteroatoms. The van der Waals surface area contributed by atoms with Crippen LogP contribution in [0.1, 0.15) is 16.8 Å². The third-order valence-electron chi connectivity index (χ3n) is 4.14. The maximum absolute atomic E-state index is 6.66. The third kappa shape index (κ3) is 2.57. The van der Waals surface area contributed by atoms with E-state index in [-0.39, 0.29) is 0 Å². The van der Waals surface area contributed by atoms with E-state index in [0.29, 0.717) is 5.15 Å². The fourth-order valence-corrected chi connectivity index (χ4v) is 3.35. The molecule has 2 aromatic carbocycles. The van der Waals surface area contributed by atoms with Crippen molar-refractivity contribution in [2.24, 2.45) is 0 Å². The van der Waals surface area contributed by atoms with Gasteiger partial charge in [-0.1, -0.05) is 72.3 Å². The van der Waals surface area contributed by atoms with Crippen molar-refractivity contribution in [1.29, 1.82) is 0 Å². The van der Waals surface area contributed by atoms with Gasteiger partial charge >= 0.3 is 0 Å². The first-order valence-corrected chi connectivity index (χ1v) is 8.24. The molecule has 0 atom stereocenters. The van der Waals surface area contributed by atoms with E-state index >= 15 is 0 Å². The second-order valence-corrected chi connectivity index (χ2v) is 6.15. The molecule has 0 spiro atoms. The number of benzene rings is 2. The Morgan fingerprint density at radius 3 is 2.33 bits per heavy atom. The van der Waals surface area contributed by atoms with Crippen molar-refractivity contribution in [3.63, 3.8) is 0 Å². The van der Waals surface area contributed by atoms with Crippen molar-refractivity contribution < 1.29 is 0 Å². The molecule has 0 unspecified atom stereocenters. The van der Waals surface area contributed by atoms with E-state index in [4.69, 9.17) is 16.6 Å². The van der Waals surface area contributed by atoms with Gasteiger partial charge in [0.1, 0.15) is 5.15 Å². The summed E-state index contributed by atoms with van der Waals surface area (Å²) in [5, 5.41) is 5.06. The molecule has 3 nitrogen and oxygen atoms in total. The minimum Gasteiger partial charge on any atom is -0.233 e. The van der Waals surface area contributed by atoms with Gasteiger partial charge in [-0.25, -0.2) is 9.50 Å². The van der Waals surface area contributed by atoms with Crippen LogP contribution in [0.25, 0.3) is 16.8 Å². The van der Waals surface area contributed by atoms with Crippen LogP contribution in [0.2, 0.25) is 5.15 Å². The summed E-state index contributed by atoms with van der Waals surface area (Å²) in [5.74, 6) is 0. The van der Waals surface area contributed by atoms with E-state index in [1.54, 1.807) is 4.52 Å². The lowest BCUT2D eigenvalue weighted by molar-refractivity contribution is 0.932. The lowest BCUT2D eigenvalue weighted by Gasteiger charge is -2.10. The highest BCUT2D eigenvalue weighted by Crippen LogP contribution is 2.31. The number of fused-ring (bicyclic) bond motifs is 1. The highest BCUT2D eigenvalue weighted by Gasteiger charge is 2.16. The molecule has 0 aliphatic rings. The van der Waals surface area contributed by atoms with Crippen molar-refractivity contribution >= 4 is 17.2 Å². The monoisotopic (exact) mass is 333 g/mol. The van der Waals surface area contributed by atoms with Crippen molar-refractivity contribution in [3.8, 4) is 11.1 Å². The van der Waals surface area contributed by atoms with Crippen LogP contribution in [0.4, 0.5) is 0 Å². The number of rotatable bonds is 3. The van der Waals surface area contributed by atoms with E-state index in [9.17, 15) is 0 Å². The van der Waals surface area contributed by atoms with Crippen LogP contribution in [0.15, 0.2) is 66.9 Å². The van der Waals surface area contributed by atoms with Gasteiger partial charge in [-0.2, -0.15) is 5.10 Å². The number of hydrogen-bond donors (Lipinski definition) is 0. The summed E-state index contributed by atoms with van der Waals surface area (Å²) in [6.07, 6.45) is 2.65. The van der Waals surface area contributed by atoms with Crippen LogP contribution in [0, 0.1) is 6.92 Å². The van der Waals surface area contributed by atoms with E-state index < -0.39 is 0 Å². The quantitative estimate of drug-likeness (QED) is 0.497. The van der Waals surface area contributed by atoms with Gasteiger partial charge in [0, 0.05) is 17.5 Å². The van der Waals surface area contributed by atoms with Crippen LogP contribution in [0.5, 0.6) is 0 Å². The lowest BCUT2D eigenvalue weighted by Crippen LogP contribution is -2.00. The summed E-state index contributed by atoms with van der Waals surface area (Å²) in [7, 11) is 0. The van der Waals surface area contributed by atoms with Crippen molar-refractivity contribution in [2.45, 2.75) is 13.3 Å². The maximum Gasteiger partial charge on any atom is 0.160 e. The van der Waals surface area contributed by atoms with Crippen LogP contribution >= 0.6 is 11.6 Å².